The fourth-order valence-corrected chi connectivity index (χ4v) is 2.12. The van der Waals surface area contributed by atoms with Crippen molar-refractivity contribution in [3.05, 3.63) is 24.2 Å². The molecule has 6 heteroatoms. The number of unbranched alkanes of at least 4 members (excludes halogenated alkanes) is 1. The van der Waals surface area contributed by atoms with Crippen molar-refractivity contribution in [2.75, 3.05) is 0 Å². The van der Waals surface area contributed by atoms with Gasteiger partial charge in [0, 0.05) is 19.2 Å². The van der Waals surface area contributed by atoms with Crippen molar-refractivity contribution >= 4 is 28.7 Å². The fourth-order valence-electron chi connectivity index (χ4n) is 1.91. The molecular weight excluding hydrogens is 252 g/mol. The molecule has 96 valence electrons. The summed E-state index contributed by atoms with van der Waals surface area (Å²) in [6, 6.07) is 3.77. The van der Waals surface area contributed by atoms with Crippen LogP contribution in [0, 0.1) is 0 Å². The second-order valence-electron chi connectivity index (χ2n) is 4.08. The van der Waals surface area contributed by atoms with E-state index in [1.807, 2.05) is 16.7 Å². The maximum Gasteiger partial charge on any atom is 0.217 e. The lowest BCUT2D eigenvalue weighted by atomic mass is 10.2. The van der Waals surface area contributed by atoms with Crippen LogP contribution in [0.5, 0.6) is 0 Å². The summed E-state index contributed by atoms with van der Waals surface area (Å²) >= 11 is 5.88. The van der Waals surface area contributed by atoms with Crippen molar-refractivity contribution in [2.24, 2.45) is 5.73 Å². The van der Waals surface area contributed by atoms with Gasteiger partial charge in [-0.05, 0) is 25.0 Å². The summed E-state index contributed by atoms with van der Waals surface area (Å²) in [7, 11) is 0. The molecule has 0 saturated heterocycles. The van der Waals surface area contributed by atoms with Gasteiger partial charge in [-0.2, -0.15) is 0 Å². The molecule has 0 unspecified atom stereocenters. The van der Waals surface area contributed by atoms with Crippen molar-refractivity contribution in [1.29, 1.82) is 0 Å². The lowest BCUT2D eigenvalue weighted by Gasteiger charge is -2.06. The number of rotatable bonds is 6. The van der Waals surface area contributed by atoms with Crippen molar-refractivity contribution in [3.63, 3.8) is 0 Å². The first kappa shape index (κ1) is 12.8. The molecule has 0 spiro atoms. The minimum Gasteiger partial charge on any atom is -0.370 e. The molecule has 0 atom stereocenters. The van der Waals surface area contributed by atoms with E-state index in [1.54, 1.807) is 6.20 Å². The van der Waals surface area contributed by atoms with Crippen LogP contribution in [-0.2, 0) is 17.2 Å². The normalized spacial score (nSPS) is 10.9. The van der Waals surface area contributed by atoms with Gasteiger partial charge in [-0.25, -0.2) is 9.97 Å². The Morgan fingerprint density at radius 1 is 1.44 bits per heavy atom. The molecule has 0 saturated carbocycles. The van der Waals surface area contributed by atoms with Crippen LogP contribution in [-0.4, -0.2) is 20.4 Å². The third kappa shape index (κ3) is 2.79. The topological polar surface area (TPSA) is 73.8 Å². The summed E-state index contributed by atoms with van der Waals surface area (Å²) in [5, 5.41) is 0. The highest BCUT2D eigenvalue weighted by Gasteiger charge is 2.10. The van der Waals surface area contributed by atoms with Gasteiger partial charge in [-0.15, -0.1) is 11.6 Å². The summed E-state index contributed by atoms with van der Waals surface area (Å²) in [6.45, 7) is 0.753. The number of alkyl halides is 1. The number of imidazole rings is 1. The molecule has 5 nitrogen and oxygen atoms in total. The standard InChI is InChI=1S/C12H15ClN4O/c13-8-11-16-9-4-3-6-15-12(9)17(11)7-2-1-5-10(14)18/h3-4,6H,1-2,5,7-8H2,(H2,14,18). The summed E-state index contributed by atoms with van der Waals surface area (Å²) in [5.41, 5.74) is 6.80. The average Bonchev–Trinajstić information content (AvgIpc) is 2.72. The van der Waals surface area contributed by atoms with Crippen LogP contribution in [0.4, 0.5) is 0 Å². The van der Waals surface area contributed by atoms with Crippen molar-refractivity contribution in [2.45, 2.75) is 31.7 Å². The molecule has 0 aliphatic carbocycles. The largest absolute Gasteiger partial charge is 0.370 e. The van der Waals surface area contributed by atoms with Gasteiger partial charge >= 0.3 is 0 Å². The van der Waals surface area contributed by atoms with Gasteiger partial charge in [-0.3, -0.25) is 4.79 Å². The summed E-state index contributed by atoms with van der Waals surface area (Å²) in [5.74, 6) is 0.900. The number of hydrogen-bond donors (Lipinski definition) is 1. The molecule has 0 aliphatic rings. The second kappa shape index (κ2) is 5.82. The molecule has 0 aliphatic heterocycles. The first-order valence-corrected chi connectivity index (χ1v) is 6.40. The van der Waals surface area contributed by atoms with E-state index in [0.717, 1.165) is 36.4 Å². The third-order valence-corrected chi connectivity index (χ3v) is 3.00. The molecule has 2 heterocycles. The van der Waals surface area contributed by atoms with Gasteiger partial charge in [0.05, 0.1) is 5.88 Å². The predicted octanol–water partition coefficient (Wildman–Crippen LogP) is 1.83. The Bertz CT molecular complexity index is 552. The van der Waals surface area contributed by atoms with Crippen LogP contribution in [0.25, 0.3) is 11.2 Å². The molecule has 2 aromatic heterocycles. The number of aryl methyl sites for hydroxylation is 1. The summed E-state index contributed by atoms with van der Waals surface area (Å²) in [4.78, 5) is 19.4. The maximum atomic E-state index is 10.7. The highest BCUT2D eigenvalue weighted by atomic mass is 35.5. The van der Waals surface area contributed by atoms with Gasteiger partial charge in [0.15, 0.2) is 5.65 Å². The SMILES string of the molecule is NC(=O)CCCCn1c(CCl)nc2cccnc21. The zero-order valence-electron chi connectivity index (χ0n) is 9.97. The van der Waals surface area contributed by atoms with E-state index in [2.05, 4.69) is 9.97 Å². The maximum absolute atomic E-state index is 10.7. The number of nitrogens with zero attached hydrogens (tertiary/aromatic N) is 3. The van der Waals surface area contributed by atoms with E-state index >= 15 is 0 Å². The zero-order chi connectivity index (χ0) is 13.0. The third-order valence-electron chi connectivity index (χ3n) is 2.76. The number of carbonyl (C=O) groups is 1. The van der Waals surface area contributed by atoms with Crippen LogP contribution >= 0.6 is 11.6 Å². The van der Waals surface area contributed by atoms with E-state index in [0.29, 0.717) is 12.3 Å². The number of pyridine rings is 1. The first-order chi connectivity index (χ1) is 8.72. The Hall–Kier alpha value is -1.62. The van der Waals surface area contributed by atoms with Gasteiger partial charge in [0.2, 0.25) is 5.91 Å². The van der Waals surface area contributed by atoms with E-state index in [1.165, 1.54) is 0 Å². The first-order valence-electron chi connectivity index (χ1n) is 5.86. The Balaban J connectivity index is 2.13. The van der Waals surface area contributed by atoms with Gasteiger partial charge in [0.25, 0.3) is 0 Å². The molecule has 0 fully saturated rings. The molecule has 0 aromatic carbocycles. The van der Waals surface area contributed by atoms with Gasteiger partial charge < -0.3 is 10.3 Å². The van der Waals surface area contributed by atoms with Gasteiger partial charge in [-0.1, -0.05) is 0 Å². The van der Waals surface area contributed by atoms with Crippen molar-refractivity contribution in [1.82, 2.24) is 14.5 Å². The number of carbonyl (C=O) groups excluding carboxylic acids is 1. The quantitative estimate of drug-likeness (QED) is 0.640. The molecule has 2 rings (SSSR count). The smallest absolute Gasteiger partial charge is 0.217 e. The predicted molar refractivity (Wildman–Crippen MR) is 70.1 cm³/mol. The lowest BCUT2D eigenvalue weighted by Crippen LogP contribution is -2.10. The van der Waals surface area contributed by atoms with Crippen LogP contribution in [0.15, 0.2) is 18.3 Å². The molecule has 18 heavy (non-hydrogen) atoms. The Kier molecular flexibility index (Phi) is 4.15. The fraction of sp³-hybridized carbons (Fsp3) is 0.417. The van der Waals surface area contributed by atoms with Crippen LogP contribution in [0.1, 0.15) is 25.1 Å². The van der Waals surface area contributed by atoms with Crippen LogP contribution < -0.4 is 5.73 Å². The minimum atomic E-state index is -0.263. The highest BCUT2D eigenvalue weighted by molar-refractivity contribution is 6.16. The Morgan fingerprint density at radius 3 is 3.00 bits per heavy atom. The number of fused-ring (bicyclic) bond motifs is 1. The Labute approximate surface area is 110 Å². The number of amides is 1. The average molecular weight is 267 g/mol. The summed E-state index contributed by atoms with van der Waals surface area (Å²) < 4.78 is 2.00. The number of nitrogens with two attached hydrogens (primary N) is 1. The van der Waals surface area contributed by atoms with Crippen LogP contribution in [0.2, 0.25) is 0 Å². The molecule has 1 amide bonds. The van der Waals surface area contributed by atoms with E-state index in [-0.39, 0.29) is 5.91 Å². The number of primary amides is 1. The molecule has 2 N–H and O–H groups in total. The van der Waals surface area contributed by atoms with E-state index in [4.69, 9.17) is 17.3 Å². The number of hydrogen-bond acceptors (Lipinski definition) is 3. The molecule has 2 aromatic rings. The van der Waals surface area contributed by atoms with Crippen molar-refractivity contribution < 1.29 is 4.79 Å². The zero-order valence-corrected chi connectivity index (χ0v) is 10.7. The number of halogens is 1. The van der Waals surface area contributed by atoms with Crippen LogP contribution in [0.3, 0.4) is 0 Å². The second-order valence-corrected chi connectivity index (χ2v) is 4.35. The van der Waals surface area contributed by atoms with Crippen molar-refractivity contribution in [3.8, 4) is 0 Å². The summed E-state index contributed by atoms with van der Waals surface area (Å²) in [6.07, 6.45) is 3.77. The number of aromatic nitrogens is 3. The minimum absolute atomic E-state index is 0.263. The lowest BCUT2D eigenvalue weighted by molar-refractivity contribution is -0.118. The Morgan fingerprint density at radius 2 is 2.28 bits per heavy atom. The van der Waals surface area contributed by atoms with Gasteiger partial charge in [0.1, 0.15) is 11.3 Å². The molecular formula is C12H15ClN4O. The monoisotopic (exact) mass is 266 g/mol. The molecule has 0 radical (unpaired) electrons. The molecule has 0 bridgehead atoms. The van der Waals surface area contributed by atoms with E-state index < -0.39 is 0 Å². The van der Waals surface area contributed by atoms with E-state index in [9.17, 15) is 4.79 Å². The highest BCUT2D eigenvalue weighted by Crippen LogP contribution is 2.16.